The number of aromatic nitrogens is 2. The maximum Gasteiger partial charge on any atom is 0.137 e. The van der Waals surface area contributed by atoms with E-state index in [2.05, 4.69) is 30.7 Å². The summed E-state index contributed by atoms with van der Waals surface area (Å²) in [4.78, 5) is 11.6. The number of rotatable bonds is 3. The molecule has 1 saturated heterocycles. The molecular formula is C15H26N4. The fraction of sp³-hybridized carbons (Fsp3) is 0.733. The van der Waals surface area contributed by atoms with Crippen molar-refractivity contribution >= 4 is 11.6 Å². The van der Waals surface area contributed by atoms with Crippen LogP contribution in [0.1, 0.15) is 51.4 Å². The van der Waals surface area contributed by atoms with Gasteiger partial charge < -0.3 is 10.6 Å². The van der Waals surface area contributed by atoms with E-state index in [-0.39, 0.29) is 0 Å². The molecule has 0 spiro atoms. The lowest BCUT2D eigenvalue weighted by atomic mass is 9.92. The molecule has 0 radical (unpaired) electrons. The van der Waals surface area contributed by atoms with Gasteiger partial charge in [-0.25, -0.2) is 9.97 Å². The van der Waals surface area contributed by atoms with Crippen molar-refractivity contribution in [2.45, 2.75) is 59.4 Å². The number of hydrogen-bond acceptors (Lipinski definition) is 4. The van der Waals surface area contributed by atoms with Gasteiger partial charge in [-0.2, -0.15) is 0 Å². The molecule has 1 aromatic rings. The minimum atomic E-state index is 0.524. The molecule has 0 amide bonds. The van der Waals surface area contributed by atoms with Crippen LogP contribution in [-0.4, -0.2) is 22.6 Å². The molecule has 2 N–H and O–H groups in total. The second-order valence-corrected chi connectivity index (χ2v) is 5.78. The largest absolute Gasteiger partial charge is 0.383 e. The smallest absolute Gasteiger partial charge is 0.137 e. The second kappa shape index (κ2) is 5.76. The Balaban J connectivity index is 2.37. The maximum atomic E-state index is 6.06. The molecule has 2 rings (SSSR count). The van der Waals surface area contributed by atoms with Gasteiger partial charge in [-0.1, -0.05) is 13.8 Å². The number of hydrogen-bond donors (Lipinski definition) is 1. The summed E-state index contributed by atoms with van der Waals surface area (Å²) in [5, 5.41) is 0. The highest BCUT2D eigenvalue weighted by Crippen LogP contribution is 2.30. The highest BCUT2D eigenvalue weighted by molar-refractivity contribution is 5.57. The fourth-order valence-electron chi connectivity index (χ4n) is 2.82. The average Bonchev–Trinajstić information content (AvgIpc) is 2.37. The lowest BCUT2D eigenvalue weighted by Crippen LogP contribution is -2.43. The minimum absolute atomic E-state index is 0.524. The van der Waals surface area contributed by atoms with E-state index in [1.807, 2.05) is 6.92 Å². The molecule has 2 atom stereocenters. The van der Waals surface area contributed by atoms with Gasteiger partial charge in [-0.05, 0) is 39.0 Å². The van der Waals surface area contributed by atoms with Crippen LogP contribution >= 0.6 is 0 Å². The summed E-state index contributed by atoms with van der Waals surface area (Å²) in [6.45, 7) is 9.87. The van der Waals surface area contributed by atoms with E-state index >= 15 is 0 Å². The summed E-state index contributed by atoms with van der Waals surface area (Å²) in [7, 11) is 0. The van der Waals surface area contributed by atoms with Gasteiger partial charge in [0.2, 0.25) is 0 Å². The molecule has 1 aromatic heterocycles. The Morgan fingerprint density at radius 2 is 2.05 bits per heavy atom. The predicted molar refractivity (Wildman–Crippen MR) is 80.4 cm³/mol. The molecule has 0 aromatic carbocycles. The molecular weight excluding hydrogens is 236 g/mol. The number of nitrogens with zero attached hydrogens (tertiary/aromatic N) is 3. The normalized spacial score (nSPS) is 23.7. The Hall–Kier alpha value is -1.32. The van der Waals surface area contributed by atoms with Crippen LogP contribution < -0.4 is 10.6 Å². The summed E-state index contributed by atoms with van der Waals surface area (Å²) in [5.41, 5.74) is 7.09. The molecule has 2 unspecified atom stereocenters. The number of nitrogens with two attached hydrogens (primary N) is 1. The lowest BCUT2D eigenvalue weighted by molar-refractivity contribution is 0.361. The SMILES string of the molecule is CCCc1nc(N)c(C)c(N2CCCC(C)C2C)n1. The van der Waals surface area contributed by atoms with Gasteiger partial charge >= 0.3 is 0 Å². The van der Waals surface area contributed by atoms with E-state index in [1.165, 1.54) is 12.8 Å². The van der Waals surface area contributed by atoms with Crippen LogP contribution in [-0.2, 0) is 6.42 Å². The molecule has 0 aliphatic carbocycles. The van der Waals surface area contributed by atoms with Gasteiger partial charge in [0.15, 0.2) is 0 Å². The van der Waals surface area contributed by atoms with Gasteiger partial charge in [0.05, 0.1) is 0 Å². The standard InChI is InChI=1S/C15H26N4/c1-5-7-13-17-14(16)11(3)15(18-13)19-9-6-8-10(2)12(19)4/h10,12H,5-9H2,1-4H3,(H2,16,17,18). The molecule has 4 heteroatoms. The molecule has 19 heavy (non-hydrogen) atoms. The van der Waals surface area contributed by atoms with E-state index in [0.717, 1.165) is 36.6 Å². The maximum absolute atomic E-state index is 6.06. The lowest BCUT2D eigenvalue weighted by Gasteiger charge is -2.39. The van der Waals surface area contributed by atoms with Crippen molar-refractivity contribution in [3.05, 3.63) is 11.4 Å². The molecule has 4 nitrogen and oxygen atoms in total. The third-order valence-corrected chi connectivity index (χ3v) is 4.32. The van der Waals surface area contributed by atoms with Crippen LogP contribution in [0.5, 0.6) is 0 Å². The zero-order valence-electron chi connectivity index (χ0n) is 12.6. The number of aryl methyl sites for hydroxylation is 1. The van der Waals surface area contributed by atoms with Crippen molar-refractivity contribution in [3.8, 4) is 0 Å². The number of anilines is 2. The van der Waals surface area contributed by atoms with Crippen LogP contribution in [0.25, 0.3) is 0 Å². The van der Waals surface area contributed by atoms with E-state index in [1.54, 1.807) is 0 Å². The van der Waals surface area contributed by atoms with Crippen LogP contribution in [0.15, 0.2) is 0 Å². The zero-order chi connectivity index (χ0) is 14.0. The third-order valence-electron chi connectivity index (χ3n) is 4.32. The number of nitrogen functional groups attached to an aromatic ring is 1. The van der Waals surface area contributed by atoms with E-state index < -0.39 is 0 Å². The van der Waals surface area contributed by atoms with Gasteiger partial charge in [0.25, 0.3) is 0 Å². The van der Waals surface area contributed by atoms with Gasteiger partial charge in [0.1, 0.15) is 17.5 Å². The summed E-state index contributed by atoms with van der Waals surface area (Å²) in [5.74, 6) is 3.28. The first kappa shape index (κ1) is 14.1. The molecule has 0 saturated carbocycles. The van der Waals surface area contributed by atoms with Crippen molar-refractivity contribution in [1.82, 2.24) is 9.97 Å². The Bertz CT molecular complexity index is 444. The first-order valence-electron chi connectivity index (χ1n) is 7.44. The van der Waals surface area contributed by atoms with Gasteiger partial charge in [-0.3, -0.25) is 0 Å². The quantitative estimate of drug-likeness (QED) is 0.910. The average molecular weight is 262 g/mol. The van der Waals surface area contributed by atoms with Crippen LogP contribution in [0.2, 0.25) is 0 Å². The Morgan fingerprint density at radius 1 is 1.32 bits per heavy atom. The summed E-state index contributed by atoms with van der Waals surface area (Å²) in [6, 6.07) is 0.524. The zero-order valence-corrected chi connectivity index (χ0v) is 12.6. The van der Waals surface area contributed by atoms with Crippen molar-refractivity contribution < 1.29 is 0 Å². The Kier molecular flexibility index (Phi) is 4.27. The molecule has 1 aliphatic rings. The van der Waals surface area contributed by atoms with E-state index in [4.69, 9.17) is 10.7 Å². The monoisotopic (exact) mass is 262 g/mol. The third kappa shape index (κ3) is 2.82. The van der Waals surface area contributed by atoms with Gasteiger partial charge in [0, 0.05) is 24.6 Å². The fourth-order valence-corrected chi connectivity index (χ4v) is 2.82. The highest BCUT2D eigenvalue weighted by Gasteiger charge is 2.27. The second-order valence-electron chi connectivity index (χ2n) is 5.78. The van der Waals surface area contributed by atoms with Crippen molar-refractivity contribution in [1.29, 1.82) is 0 Å². The van der Waals surface area contributed by atoms with Crippen molar-refractivity contribution in [2.24, 2.45) is 5.92 Å². The highest BCUT2D eigenvalue weighted by atomic mass is 15.2. The van der Waals surface area contributed by atoms with Crippen LogP contribution in [0, 0.1) is 12.8 Å². The minimum Gasteiger partial charge on any atom is -0.383 e. The number of piperidine rings is 1. The topological polar surface area (TPSA) is 55.0 Å². The molecule has 1 aliphatic heterocycles. The molecule has 1 fully saturated rings. The van der Waals surface area contributed by atoms with E-state index in [9.17, 15) is 0 Å². The van der Waals surface area contributed by atoms with E-state index in [0.29, 0.717) is 17.8 Å². The van der Waals surface area contributed by atoms with Crippen molar-refractivity contribution in [3.63, 3.8) is 0 Å². The summed E-state index contributed by atoms with van der Waals surface area (Å²) in [6.07, 6.45) is 4.49. The van der Waals surface area contributed by atoms with Crippen LogP contribution in [0.3, 0.4) is 0 Å². The predicted octanol–water partition coefficient (Wildman–Crippen LogP) is 2.94. The first-order valence-corrected chi connectivity index (χ1v) is 7.44. The molecule has 106 valence electrons. The molecule has 2 heterocycles. The van der Waals surface area contributed by atoms with Gasteiger partial charge in [-0.15, -0.1) is 0 Å². The Labute approximate surface area is 116 Å². The summed E-state index contributed by atoms with van der Waals surface area (Å²) >= 11 is 0. The summed E-state index contributed by atoms with van der Waals surface area (Å²) < 4.78 is 0. The Morgan fingerprint density at radius 3 is 2.74 bits per heavy atom. The van der Waals surface area contributed by atoms with Crippen LogP contribution in [0.4, 0.5) is 11.6 Å². The first-order chi connectivity index (χ1) is 9.04. The van der Waals surface area contributed by atoms with Crippen molar-refractivity contribution in [2.75, 3.05) is 17.2 Å². The molecule has 0 bridgehead atoms.